The summed E-state index contributed by atoms with van der Waals surface area (Å²) in [6, 6.07) is 4.58. The number of para-hydroxylation sites is 1. The maximum atomic E-state index is 13.5. The van der Waals surface area contributed by atoms with Crippen molar-refractivity contribution >= 4 is 16.9 Å². The molecule has 1 aromatic heterocycles. The fourth-order valence-corrected chi connectivity index (χ4v) is 1.79. The zero-order chi connectivity index (χ0) is 13.1. The van der Waals surface area contributed by atoms with E-state index in [2.05, 4.69) is 5.32 Å². The topological polar surface area (TPSA) is 62.5 Å². The van der Waals surface area contributed by atoms with Crippen LogP contribution in [-0.2, 0) is 0 Å². The highest BCUT2D eigenvalue weighted by molar-refractivity contribution is 5.98. The molecular weight excluding hydrogens is 237 g/mol. The number of amides is 1. The normalized spacial score (nSPS) is 10.8. The van der Waals surface area contributed by atoms with E-state index in [4.69, 9.17) is 9.52 Å². The van der Waals surface area contributed by atoms with Gasteiger partial charge in [0.25, 0.3) is 5.91 Å². The molecule has 0 bridgehead atoms. The second-order valence-corrected chi connectivity index (χ2v) is 4.01. The van der Waals surface area contributed by atoms with Gasteiger partial charge < -0.3 is 14.8 Å². The zero-order valence-electron chi connectivity index (χ0n) is 10.00. The summed E-state index contributed by atoms with van der Waals surface area (Å²) in [4.78, 5) is 11.8. The van der Waals surface area contributed by atoms with E-state index in [1.165, 1.54) is 6.07 Å². The van der Waals surface area contributed by atoms with Gasteiger partial charge in [0.2, 0.25) is 0 Å². The number of aliphatic hydroxyl groups excluding tert-OH is 1. The SMILES string of the molecule is Cc1c(C(=O)NCCCO)oc2c(F)cccc12. The van der Waals surface area contributed by atoms with Crippen LogP contribution < -0.4 is 5.32 Å². The summed E-state index contributed by atoms with van der Waals surface area (Å²) in [5.74, 6) is -0.755. The first-order chi connectivity index (χ1) is 8.65. The van der Waals surface area contributed by atoms with Gasteiger partial charge in [-0.2, -0.15) is 0 Å². The second-order valence-electron chi connectivity index (χ2n) is 4.01. The number of hydrogen-bond acceptors (Lipinski definition) is 3. The lowest BCUT2D eigenvalue weighted by Gasteiger charge is -2.01. The first-order valence-corrected chi connectivity index (χ1v) is 5.72. The van der Waals surface area contributed by atoms with Crippen molar-refractivity contribution in [2.24, 2.45) is 0 Å². The molecule has 96 valence electrons. The number of carbonyl (C=O) groups is 1. The minimum Gasteiger partial charge on any atom is -0.448 e. The van der Waals surface area contributed by atoms with Gasteiger partial charge in [-0.3, -0.25) is 4.79 Å². The van der Waals surface area contributed by atoms with Crippen molar-refractivity contribution in [2.75, 3.05) is 13.2 Å². The lowest BCUT2D eigenvalue weighted by molar-refractivity contribution is 0.0924. The number of hydrogen-bond donors (Lipinski definition) is 2. The first-order valence-electron chi connectivity index (χ1n) is 5.72. The van der Waals surface area contributed by atoms with E-state index in [1.54, 1.807) is 19.1 Å². The van der Waals surface area contributed by atoms with Gasteiger partial charge in [-0.1, -0.05) is 12.1 Å². The van der Waals surface area contributed by atoms with Gasteiger partial charge >= 0.3 is 0 Å². The molecule has 1 heterocycles. The van der Waals surface area contributed by atoms with E-state index < -0.39 is 11.7 Å². The molecule has 0 saturated heterocycles. The monoisotopic (exact) mass is 251 g/mol. The Labute approximate surface area is 103 Å². The Kier molecular flexibility index (Phi) is 3.62. The summed E-state index contributed by atoms with van der Waals surface area (Å²) in [7, 11) is 0. The molecule has 18 heavy (non-hydrogen) atoms. The summed E-state index contributed by atoms with van der Waals surface area (Å²) in [5, 5.41) is 11.8. The van der Waals surface area contributed by atoms with E-state index in [1.807, 2.05) is 0 Å². The van der Waals surface area contributed by atoms with Crippen LogP contribution >= 0.6 is 0 Å². The lowest BCUT2D eigenvalue weighted by Crippen LogP contribution is -2.25. The maximum absolute atomic E-state index is 13.5. The van der Waals surface area contributed by atoms with Gasteiger partial charge in [-0.25, -0.2) is 4.39 Å². The molecule has 0 spiro atoms. The molecular formula is C13H14FNO3. The van der Waals surface area contributed by atoms with Crippen LogP contribution in [0.2, 0.25) is 0 Å². The van der Waals surface area contributed by atoms with Gasteiger partial charge in [0.1, 0.15) is 0 Å². The number of carbonyl (C=O) groups excluding carboxylic acids is 1. The van der Waals surface area contributed by atoms with Crippen molar-refractivity contribution < 1.29 is 18.7 Å². The Morgan fingerprint density at radius 3 is 2.94 bits per heavy atom. The van der Waals surface area contributed by atoms with Crippen molar-refractivity contribution in [1.29, 1.82) is 0 Å². The quantitative estimate of drug-likeness (QED) is 0.817. The van der Waals surface area contributed by atoms with Gasteiger partial charge in [0.05, 0.1) is 0 Å². The predicted molar refractivity (Wildman–Crippen MR) is 64.9 cm³/mol. The van der Waals surface area contributed by atoms with Crippen LogP contribution in [0.4, 0.5) is 4.39 Å². The third kappa shape index (κ3) is 2.22. The number of aryl methyl sites for hydroxylation is 1. The number of halogens is 1. The highest BCUT2D eigenvalue weighted by Gasteiger charge is 2.18. The molecule has 5 heteroatoms. The van der Waals surface area contributed by atoms with Crippen LogP contribution in [0.5, 0.6) is 0 Å². The van der Waals surface area contributed by atoms with Crippen LogP contribution in [-0.4, -0.2) is 24.2 Å². The molecule has 0 atom stereocenters. The van der Waals surface area contributed by atoms with Gasteiger partial charge in [-0.05, 0) is 19.4 Å². The molecule has 2 aromatic rings. The van der Waals surface area contributed by atoms with Crippen LogP contribution in [0.3, 0.4) is 0 Å². The lowest BCUT2D eigenvalue weighted by atomic mass is 10.1. The first kappa shape index (κ1) is 12.6. The molecule has 1 aromatic carbocycles. The average molecular weight is 251 g/mol. The number of nitrogens with one attached hydrogen (secondary N) is 1. The van der Waals surface area contributed by atoms with E-state index in [9.17, 15) is 9.18 Å². The fourth-order valence-electron chi connectivity index (χ4n) is 1.79. The Balaban J connectivity index is 2.31. The summed E-state index contributed by atoms with van der Waals surface area (Å²) in [6.07, 6.45) is 0.472. The minimum absolute atomic E-state index is 0.00796. The number of fused-ring (bicyclic) bond motifs is 1. The van der Waals surface area contributed by atoms with Crippen LogP contribution in [0.1, 0.15) is 22.5 Å². The third-order valence-electron chi connectivity index (χ3n) is 2.74. The smallest absolute Gasteiger partial charge is 0.287 e. The molecule has 2 rings (SSSR count). The van der Waals surface area contributed by atoms with Gasteiger partial charge in [0, 0.05) is 24.1 Å². The fraction of sp³-hybridized carbons (Fsp3) is 0.308. The molecule has 4 nitrogen and oxygen atoms in total. The molecule has 0 radical (unpaired) electrons. The Morgan fingerprint density at radius 2 is 2.28 bits per heavy atom. The largest absolute Gasteiger partial charge is 0.448 e. The Hall–Kier alpha value is -1.88. The molecule has 2 N–H and O–H groups in total. The highest BCUT2D eigenvalue weighted by atomic mass is 19.1. The predicted octanol–water partition coefficient (Wildman–Crippen LogP) is 1.99. The van der Waals surface area contributed by atoms with Crippen LogP contribution in [0, 0.1) is 12.7 Å². The molecule has 0 aliphatic carbocycles. The Bertz CT molecular complexity index is 577. The summed E-state index contributed by atoms with van der Waals surface area (Å²) in [6.45, 7) is 2.08. The van der Waals surface area contributed by atoms with Crippen molar-refractivity contribution in [3.63, 3.8) is 0 Å². The van der Waals surface area contributed by atoms with Crippen molar-refractivity contribution in [2.45, 2.75) is 13.3 Å². The number of benzene rings is 1. The van der Waals surface area contributed by atoms with Crippen LogP contribution in [0.25, 0.3) is 11.0 Å². The third-order valence-corrected chi connectivity index (χ3v) is 2.74. The van der Waals surface area contributed by atoms with Crippen molar-refractivity contribution in [1.82, 2.24) is 5.32 Å². The van der Waals surface area contributed by atoms with E-state index in [0.717, 1.165) is 0 Å². The van der Waals surface area contributed by atoms with E-state index in [-0.39, 0.29) is 18.0 Å². The summed E-state index contributed by atoms with van der Waals surface area (Å²) in [5.41, 5.74) is 0.716. The summed E-state index contributed by atoms with van der Waals surface area (Å²) >= 11 is 0. The van der Waals surface area contributed by atoms with E-state index in [0.29, 0.717) is 23.9 Å². The van der Waals surface area contributed by atoms with Crippen molar-refractivity contribution in [3.05, 3.63) is 35.3 Å². The number of aliphatic hydroxyl groups is 1. The molecule has 0 aliphatic heterocycles. The second kappa shape index (κ2) is 5.18. The average Bonchev–Trinajstić information content (AvgIpc) is 2.69. The molecule has 0 fully saturated rings. The maximum Gasteiger partial charge on any atom is 0.287 e. The zero-order valence-corrected chi connectivity index (χ0v) is 10.00. The summed E-state index contributed by atoms with van der Waals surface area (Å²) < 4.78 is 18.8. The van der Waals surface area contributed by atoms with Crippen molar-refractivity contribution in [3.8, 4) is 0 Å². The highest BCUT2D eigenvalue weighted by Crippen LogP contribution is 2.27. The number of rotatable bonds is 4. The molecule has 0 aliphatic rings. The minimum atomic E-state index is -0.481. The Morgan fingerprint density at radius 1 is 1.50 bits per heavy atom. The van der Waals surface area contributed by atoms with Gasteiger partial charge in [-0.15, -0.1) is 0 Å². The van der Waals surface area contributed by atoms with Crippen LogP contribution in [0.15, 0.2) is 22.6 Å². The number of furan rings is 1. The molecule has 1 amide bonds. The van der Waals surface area contributed by atoms with Gasteiger partial charge in [0.15, 0.2) is 17.2 Å². The molecule has 0 saturated carbocycles. The van der Waals surface area contributed by atoms with E-state index >= 15 is 0 Å². The molecule has 0 unspecified atom stereocenters. The standard InChI is InChI=1S/C13H14FNO3/c1-8-9-4-2-5-10(14)12(9)18-11(8)13(17)15-6-3-7-16/h2,4-5,16H,3,6-7H2,1H3,(H,15,17).